The Morgan fingerprint density at radius 2 is 2.07 bits per heavy atom. The molecule has 3 heteroatoms. The van der Waals surface area contributed by atoms with Crippen LogP contribution in [0.3, 0.4) is 0 Å². The van der Waals surface area contributed by atoms with E-state index in [-0.39, 0.29) is 0 Å². The quantitative estimate of drug-likeness (QED) is 0.844. The van der Waals surface area contributed by atoms with Crippen LogP contribution in [0.25, 0.3) is 10.4 Å². The Labute approximate surface area is 98.5 Å². The van der Waals surface area contributed by atoms with Gasteiger partial charge in [-0.15, -0.1) is 11.3 Å². The lowest BCUT2D eigenvalue weighted by Gasteiger charge is -2.02. The van der Waals surface area contributed by atoms with Gasteiger partial charge in [0.25, 0.3) is 0 Å². The maximum Gasteiger partial charge on any atom is 0.0492 e. The molecule has 0 unspecified atom stereocenters. The van der Waals surface area contributed by atoms with Crippen LogP contribution in [0.5, 0.6) is 0 Å². The highest BCUT2D eigenvalue weighted by atomic mass is 35.5. The molecule has 0 fully saturated rings. The van der Waals surface area contributed by atoms with Crippen molar-refractivity contribution >= 4 is 22.9 Å². The Balaban J connectivity index is 2.48. The van der Waals surface area contributed by atoms with Crippen molar-refractivity contribution in [2.45, 2.75) is 13.5 Å². The summed E-state index contributed by atoms with van der Waals surface area (Å²) in [5.74, 6) is 0. The Morgan fingerprint density at radius 1 is 1.27 bits per heavy atom. The molecule has 0 atom stereocenters. The van der Waals surface area contributed by atoms with Gasteiger partial charge in [0.2, 0.25) is 0 Å². The molecule has 0 radical (unpaired) electrons. The van der Waals surface area contributed by atoms with Crippen LogP contribution in [0.2, 0.25) is 5.02 Å². The molecular weight excluding hydrogens is 226 g/mol. The first-order valence-electron chi connectivity index (χ1n) is 4.76. The lowest BCUT2D eigenvalue weighted by atomic mass is 10.1. The number of hydrogen-bond donors (Lipinski definition) is 1. The molecule has 1 heterocycles. The zero-order valence-electron chi connectivity index (χ0n) is 8.46. The lowest BCUT2D eigenvalue weighted by molar-refractivity contribution is 1.11. The van der Waals surface area contributed by atoms with Crippen LogP contribution in [-0.2, 0) is 6.54 Å². The predicted molar refractivity (Wildman–Crippen MR) is 67.4 cm³/mol. The molecule has 0 bridgehead atoms. The molecule has 78 valence electrons. The Morgan fingerprint density at radius 3 is 2.73 bits per heavy atom. The third-order valence-corrected chi connectivity index (χ3v) is 3.72. The van der Waals surface area contributed by atoms with Gasteiger partial charge in [-0.3, -0.25) is 0 Å². The normalized spacial score (nSPS) is 10.6. The molecule has 0 saturated heterocycles. The van der Waals surface area contributed by atoms with Crippen molar-refractivity contribution < 1.29 is 0 Å². The molecule has 2 aromatic rings. The molecule has 1 aromatic carbocycles. The van der Waals surface area contributed by atoms with Gasteiger partial charge in [0, 0.05) is 26.9 Å². The highest BCUT2D eigenvalue weighted by Crippen LogP contribution is 2.33. The third-order valence-electron chi connectivity index (χ3n) is 2.25. The summed E-state index contributed by atoms with van der Waals surface area (Å²) in [4.78, 5) is 2.37. The lowest BCUT2D eigenvalue weighted by Crippen LogP contribution is -1.91. The summed E-state index contributed by atoms with van der Waals surface area (Å²) in [5.41, 5.74) is 7.90. The van der Waals surface area contributed by atoms with Crippen molar-refractivity contribution in [3.05, 3.63) is 45.8 Å². The number of halogens is 1. The molecule has 1 nitrogen and oxygen atoms in total. The first kappa shape index (κ1) is 10.7. The Hall–Kier alpha value is -0.830. The standard InChI is InChI=1S/C12H12ClNS/c1-8-2-4-11(13)10(6-8)12-5-3-9(7-14)15-12/h2-6H,7,14H2,1H3. The van der Waals surface area contributed by atoms with Gasteiger partial charge in [-0.25, -0.2) is 0 Å². The van der Waals surface area contributed by atoms with Crippen molar-refractivity contribution in [3.8, 4) is 10.4 Å². The zero-order chi connectivity index (χ0) is 10.8. The molecule has 2 N–H and O–H groups in total. The van der Waals surface area contributed by atoms with Crippen LogP contribution >= 0.6 is 22.9 Å². The van der Waals surface area contributed by atoms with Crippen LogP contribution in [0, 0.1) is 6.92 Å². The summed E-state index contributed by atoms with van der Waals surface area (Å²) in [6.07, 6.45) is 0. The minimum Gasteiger partial charge on any atom is -0.326 e. The molecule has 0 aliphatic heterocycles. The molecule has 2 rings (SSSR count). The predicted octanol–water partition coefficient (Wildman–Crippen LogP) is 3.84. The topological polar surface area (TPSA) is 26.0 Å². The fraction of sp³-hybridized carbons (Fsp3) is 0.167. The maximum absolute atomic E-state index is 6.16. The molecule has 0 saturated carbocycles. The van der Waals surface area contributed by atoms with E-state index in [0.717, 1.165) is 10.6 Å². The van der Waals surface area contributed by atoms with E-state index in [2.05, 4.69) is 25.1 Å². The summed E-state index contributed by atoms with van der Waals surface area (Å²) in [5, 5.41) is 0.797. The molecule has 15 heavy (non-hydrogen) atoms. The summed E-state index contributed by atoms with van der Waals surface area (Å²) < 4.78 is 0. The Kier molecular flexibility index (Phi) is 3.10. The zero-order valence-corrected chi connectivity index (χ0v) is 10.0. The van der Waals surface area contributed by atoms with Gasteiger partial charge in [0.05, 0.1) is 0 Å². The molecular formula is C12H12ClNS. The number of benzene rings is 1. The average Bonchev–Trinajstić information content (AvgIpc) is 2.70. The van der Waals surface area contributed by atoms with Crippen LogP contribution in [-0.4, -0.2) is 0 Å². The van der Waals surface area contributed by atoms with E-state index in [1.165, 1.54) is 15.3 Å². The summed E-state index contributed by atoms with van der Waals surface area (Å²) >= 11 is 7.86. The van der Waals surface area contributed by atoms with E-state index < -0.39 is 0 Å². The SMILES string of the molecule is Cc1ccc(Cl)c(-c2ccc(CN)s2)c1. The van der Waals surface area contributed by atoms with Gasteiger partial charge < -0.3 is 5.73 Å². The second kappa shape index (κ2) is 4.35. The highest BCUT2D eigenvalue weighted by molar-refractivity contribution is 7.15. The van der Waals surface area contributed by atoms with E-state index in [4.69, 9.17) is 17.3 Å². The van der Waals surface area contributed by atoms with Gasteiger partial charge >= 0.3 is 0 Å². The van der Waals surface area contributed by atoms with Crippen molar-refractivity contribution in [2.75, 3.05) is 0 Å². The van der Waals surface area contributed by atoms with E-state index >= 15 is 0 Å². The summed E-state index contributed by atoms with van der Waals surface area (Å²) in [6.45, 7) is 2.66. The fourth-order valence-electron chi connectivity index (χ4n) is 1.46. The van der Waals surface area contributed by atoms with Gasteiger partial charge in [-0.05, 0) is 31.2 Å². The molecule has 1 aromatic heterocycles. The van der Waals surface area contributed by atoms with Crippen molar-refractivity contribution in [1.82, 2.24) is 0 Å². The van der Waals surface area contributed by atoms with E-state index in [1.54, 1.807) is 11.3 Å². The van der Waals surface area contributed by atoms with E-state index in [9.17, 15) is 0 Å². The number of thiophene rings is 1. The first-order chi connectivity index (χ1) is 7.20. The third kappa shape index (κ3) is 2.23. The maximum atomic E-state index is 6.16. The van der Waals surface area contributed by atoms with Gasteiger partial charge in [-0.2, -0.15) is 0 Å². The van der Waals surface area contributed by atoms with Crippen LogP contribution in [0.15, 0.2) is 30.3 Å². The Bertz CT molecular complexity index is 476. The van der Waals surface area contributed by atoms with Gasteiger partial charge in [0.1, 0.15) is 0 Å². The minimum absolute atomic E-state index is 0.591. The smallest absolute Gasteiger partial charge is 0.0492 e. The largest absolute Gasteiger partial charge is 0.326 e. The molecule has 0 amide bonds. The summed E-state index contributed by atoms with van der Waals surface area (Å²) in [7, 11) is 0. The van der Waals surface area contributed by atoms with Crippen molar-refractivity contribution in [2.24, 2.45) is 5.73 Å². The second-order valence-corrected chi connectivity index (χ2v) is 5.03. The number of aryl methyl sites for hydroxylation is 1. The first-order valence-corrected chi connectivity index (χ1v) is 5.95. The van der Waals surface area contributed by atoms with Gasteiger partial charge in [-0.1, -0.05) is 23.2 Å². The second-order valence-electron chi connectivity index (χ2n) is 3.45. The van der Waals surface area contributed by atoms with Crippen molar-refractivity contribution in [3.63, 3.8) is 0 Å². The van der Waals surface area contributed by atoms with Crippen LogP contribution in [0.4, 0.5) is 0 Å². The molecule has 0 aliphatic rings. The minimum atomic E-state index is 0.591. The monoisotopic (exact) mass is 237 g/mol. The van der Waals surface area contributed by atoms with Crippen LogP contribution < -0.4 is 5.73 Å². The molecule has 0 spiro atoms. The van der Waals surface area contributed by atoms with Crippen LogP contribution in [0.1, 0.15) is 10.4 Å². The van der Waals surface area contributed by atoms with Gasteiger partial charge in [0.15, 0.2) is 0 Å². The summed E-state index contributed by atoms with van der Waals surface area (Å²) in [6, 6.07) is 10.2. The van der Waals surface area contributed by atoms with E-state index in [1.807, 2.05) is 12.1 Å². The number of hydrogen-bond acceptors (Lipinski definition) is 2. The average molecular weight is 238 g/mol. The van der Waals surface area contributed by atoms with E-state index in [0.29, 0.717) is 6.54 Å². The fourth-order valence-corrected chi connectivity index (χ4v) is 2.65. The highest BCUT2D eigenvalue weighted by Gasteiger charge is 2.06. The number of rotatable bonds is 2. The number of nitrogens with two attached hydrogens (primary N) is 1. The molecule has 0 aliphatic carbocycles. The van der Waals surface area contributed by atoms with Crippen molar-refractivity contribution in [1.29, 1.82) is 0 Å².